The number of hydrogen-bond acceptors (Lipinski definition) is 4. The highest BCUT2D eigenvalue weighted by molar-refractivity contribution is 5.88. The summed E-state index contributed by atoms with van der Waals surface area (Å²) in [5.41, 5.74) is -0.0528. The molecule has 4 nitrogen and oxygen atoms in total. The molecule has 0 heterocycles. The van der Waals surface area contributed by atoms with E-state index in [1.54, 1.807) is 0 Å². The highest BCUT2D eigenvalue weighted by Crippen LogP contribution is 2.30. The Balaban J connectivity index is 2.70. The fraction of sp³-hybridized carbons (Fsp3) is 0.526. The number of benzene rings is 1. The fourth-order valence-corrected chi connectivity index (χ4v) is 2.65. The number of carbonyl (C=O) groups is 2. The molecule has 1 aromatic carbocycles. The van der Waals surface area contributed by atoms with Gasteiger partial charge < -0.3 is 4.74 Å². The quantitative estimate of drug-likeness (QED) is 0.652. The van der Waals surface area contributed by atoms with Crippen LogP contribution in [0, 0.1) is 22.7 Å². The lowest BCUT2D eigenvalue weighted by Crippen LogP contribution is -2.36. The normalized spacial score (nSPS) is 13.2. The molecule has 0 spiro atoms. The molecule has 0 aliphatic rings. The molecule has 0 aliphatic heterocycles. The number of nitriles is 1. The number of ketones is 1. The Morgan fingerprint density at radius 3 is 2.43 bits per heavy atom. The van der Waals surface area contributed by atoms with Crippen molar-refractivity contribution in [2.45, 2.75) is 46.5 Å². The second-order valence-electron chi connectivity index (χ2n) is 6.33. The maximum atomic E-state index is 12.6. The van der Waals surface area contributed by atoms with Crippen molar-refractivity contribution in [3.63, 3.8) is 0 Å². The summed E-state index contributed by atoms with van der Waals surface area (Å²) in [6.07, 6.45) is 2.20. The summed E-state index contributed by atoms with van der Waals surface area (Å²) in [5.74, 6) is -0.431. The van der Waals surface area contributed by atoms with Gasteiger partial charge in [-0.2, -0.15) is 5.26 Å². The van der Waals surface area contributed by atoms with Gasteiger partial charge in [-0.15, -0.1) is 0 Å². The highest BCUT2D eigenvalue weighted by atomic mass is 16.5. The smallest absolute Gasteiger partial charge is 0.302 e. The predicted molar refractivity (Wildman–Crippen MR) is 88.5 cm³/mol. The first kappa shape index (κ1) is 18.9. The maximum Gasteiger partial charge on any atom is 0.302 e. The number of rotatable bonds is 9. The predicted octanol–water partition coefficient (Wildman–Crippen LogP) is 3.70. The molecule has 1 unspecified atom stereocenters. The molecule has 0 saturated carbocycles. The summed E-state index contributed by atoms with van der Waals surface area (Å²) < 4.78 is 5.00. The Kier molecular flexibility index (Phi) is 7.47. The van der Waals surface area contributed by atoms with E-state index in [2.05, 4.69) is 6.07 Å². The van der Waals surface area contributed by atoms with Gasteiger partial charge in [0, 0.05) is 13.3 Å². The van der Waals surface area contributed by atoms with E-state index in [1.807, 2.05) is 44.2 Å². The molecule has 1 rings (SSSR count). The second kappa shape index (κ2) is 9.09. The standard InChI is InChI=1S/C19H25NO3/c1-15(2)12-19(13-20,14-23-16(3)21)18(22)11-7-10-17-8-5-4-6-9-17/h4-6,8-9,15H,7,10-12,14H2,1-3H3. The minimum Gasteiger partial charge on any atom is -0.464 e. The second-order valence-corrected chi connectivity index (χ2v) is 6.33. The molecule has 0 N–H and O–H groups in total. The Bertz CT molecular complexity index is 560. The van der Waals surface area contributed by atoms with Gasteiger partial charge in [0.05, 0.1) is 6.07 Å². The third kappa shape index (κ3) is 6.23. The van der Waals surface area contributed by atoms with Gasteiger partial charge in [-0.1, -0.05) is 44.2 Å². The molecule has 23 heavy (non-hydrogen) atoms. The zero-order chi connectivity index (χ0) is 17.3. The SMILES string of the molecule is CC(=O)OCC(C#N)(CC(C)C)C(=O)CCCc1ccccc1. The third-order valence-corrected chi connectivity index (χ3v) is 3.74. The zero-order valence-electron chi connectivity index (χ0n) is 14.2. The van der Waals surface area contributed by atoms with Crippen LogP contribution in [0.4, 0.5) is 0 Å². The fourth-order valence-electron chi connectivity index (χ4n) is 2.65. The monoisotopic (exact) mass is 315 g/mol. The van der Waals surface area contributed by atoms with E-state index in [0.717, 1.165) is 6.42 Å². The van der Waals surface area contributed by atoms with Crippen LogP contribution in [0.5, 0.6) is 0 Å². The molecule has 0 fully saturated rings. The summed E-state index contributed by atoms with van der Waals surface area (Å²) in [4.78, 5) is 23.7. The van der Waals surface area contributed by atoms with Crippen molar-refractivity contribution < 1.29 is 14.3 Å². The van der Waals surface area contributed by atoms with Crippen LogP contribution in [0.15, 0.2) is 30.3 Å². The lowest BCUT2D eigenvalue weighted by Gasteiger charge is -2.26. The zero-order valence-corrected chi connectivity index (χ0v) is 14.2. The number of Topliss-reactive ketones (excluding diaryl/α,β-unsaturated/α-hetero) is 1. The van der Waals surface area contributed by atoms with E-state index >= 15 is 0 Å². The lowest BCUT2D eigenvalue weighted by molar-refractivity contribution is -0.146. The Labute approximate surface area is 138 Å². The summed E-state index contributed by atoms with van der Waals surface area (Å²) in [5, 5.41) is 9.56. The Morgan fingerprint density at radius 2 is 1.91 bits per heavy atom. The third-order valence-electron chi connectivity index (χ3n) is 3.74. The number of esters is 1. The Hall–Kier alpha value is -2.15. The number of nitrogens with zero attached hydrogens (tertiary/aromatic N) is 1. The molecule has 0 aliphatic carbocycles. The van der Waals surface area contributed by atoms with Crippen LogP contribution in [0.1, 0.15) is 45.6 Å². The van der Waals surface area contributed by atoms with Crippen molar-refractivity contribution in [3.8, 4) is 6.07 Å². The highest BCUT2D eigenvalue weighted by Gasteiger charge is 2.39. The molecule has 4 heteroatoms. The van der Waals surface area contributed by atoms with Crippen LogP contribution >= 0.6 is 0 Å². The molecule has 0 bridgehead atoms. The van der Waals surface area contributed by atoms with Gasteiger partial charge in [0.25, 0.3) is 0 Å². The lowest BCUT2D eigenvalue weighted by atomic mass is 9.76. The number of carbonyl (C=O) groups excluding carboxylic acids is 2. The van der Waals surface area contributed by atoms with E-state index < -0.39 is 11.4 Å². The van der Waals surface area contributed by atoms with Crippen molar-refractivity contribution in [1.82, 2.24) is 0 Å². The van der Waals surface area contributed by atoms with E-state index in [1.165, 1.54) is 12.5 Å². The molecular formula is C19H25NO3. The first-order chi connectivity index (χ1) is 10.9. The van der Waals surface area contributed by atoms with Crippen LogP contribution in [-0.2, 0) is 20.7 Å². The largest absolute Gasteiger partial charge is 0.464 e. The first-order valence-corrected chi connectivity index (χ1v) is 8.01. The number of ether oxygens (including phenoxy) is 1. The molecule has 1 atom stereocenters. The van der Waals surface area contributed by atoms with Crippen molar-refractivity contribution >= 4 is 11.8 Å². The van der Waals surface area contributed by atoms with Crippen molar-refractivity contribution in [3.05, 3.63) is 35.9 Å². The number of aryl methyl sites for hydroxylation is 1. The van der Waals surface area contributed by atoms with Crippen molar-refractivity contribution in [1.29, 1.82) is 5.26 Å². The van der Waals surface area contributed by atoms with Crippen LogP contribution in [0.3, 0.4) is 0 Å². The average Bonchev–Trinajstić information content (AvgIpc) is 2.52. The van der Waals surface area contributed by atoms with E-state index in [-0.39, 0.29) is 18.3 Å². The summed E-state index contributed by atoms with van der Waals surface area (Å²) in [6.45, 7) is 5.05. The van der Waals surface area contributed by atoms with Crippen LogP contribution in [0.25, 0.3) is 0 Å². The Morgan fingerprint density at radius 1 is 1.26 bits per heavy atom. The van der Waals surface area contributed by atoms with Crippen LogP contribution < -0.4 is 0 Å². The molecule has 0 saturated heterocycles. The minimum atomic E-state index is -1.23. The molecule has 124 valence electrons. The number of hydrogen-bond donors (Lipinski definition) is 0. The topological polar surface area (TPSA) is 67.2 Å². The van der Waals surface area contributed by atoms with Gasteiger partial charge in [0.2, 0.25) is 0 Å². The molecule has 0 amide bonds. The molecule has 0 radical (unpaired) electrons. The van der Waals surface area contributed by atoms with Gasteiger partial charge in [-0.25, -0.2) is 0 Å². The van der Waals surface area contributed by atoms with E-state index in [9.17, 15) is 14.9 Å². The average molecular weight is 315 g/mol. The summed E-state index contributed by atoms with van der Waals surface area (Å²) in [6, 6.07) is 12.1. The van der Waals surface area contributed by atoms with Gasteiger partial charge in [-0.3, -0.25) is 9.59 Å². The molecule has 0 aromatic heterocycles. The molecule has 1 aromatic rings. The van der Waals surface area contributed by atoms with E-state index in [4.69, 9.17) is 4.74 Å². The van der Waals surface area contributed by atoms with E-state index in [0.29, 0.717) is 19.3 Å². The van der Waals surface area contributed by atoms with Crippen LogP contribution in [0.2, 0.25) is 0 Å². The summed E-state index contributed by atoms with van der Waals surface area (Å²) in [7, 11) is 0. The van der Waals surface area contributed by atoms with Gasteiger partial charge >= 0.3 is 5.97 Å². The molecular weight excluding hydrogens is 290 g/mol. The van der Waals surface area contributed by atoms with Gasteiger partial charge in [0.1, 0.15) is 12.0 Å². The maximum absolute atomic E-state index is 12.6. The van der Waals surface area contributed by atoms with Crippen molar-refractivity contribution in [2.24, 2.45) is 11.3 Å². The minimum absolute atomic E-state index is 0.133. The van der Waals surface area contributed by atoms with Crippen molar-refractivity contribution in [2.75, 3.05) is 6.61 Å². The van der Waals surface area contributed by atoms with Gasteiger partial charge in [-0.05, 0) is 30.7 Å². The first-order valence-electron chi connectivity index (χ1n) is 8.01. The summed E-state index contributed by atoms with van der Waals surface area (Å²) >= 11 is 0. The van der Waals surface area contributed by atoms with Crippen LogP contribution in [-0.4, -0.2) is 18.4 Å². The van der Waals surface area contributed by atoms with Gasteiger partial charge in [0.15, 0.2) is 5.78 Å².